The minimum absolute atomic E-state index is 0.186. The van der Waals surface area contributed by atoms with Crippen LogP contribution in [-0.4, -0.2) is 70.7 Å². The summed E-state index contributed by atoms with van der Waals surface area (Å²) in [4.78, 5) is 21.1. The third kappa shape index (κ3) is 5.54. The standard InChI is InChI=1S/C21H32N4O7/c1-5-7-8-29-12-25-10-14(15-17(25)19(28-4)24-11-23-15)9-22-16(20(27)30-6-2)18(26)21-31-13(3)32-21/h10-11,13,16,18,21-22,26H,5-9,12H2,1-4H3/t13?,16-,18+,21?/m1/s1. The smallest absolute Gasteiger partial charge is 0.326 e. The van der Waals surface area contributed by atoms with Gasteiger partial charge in [-0.2, -0.15) is 4.98 Å². The molecule has 0 radical (unpaired) electrons. The van der Waals surface area contributed by atoms with E-state index < -0.39 is 30.7 Å². The molecule has 0 aliphatic carbocycles. The molecule has 0 spiro atoms. The maximum absolute atomic E-state index is 12.5. The molecule has 11 nitrogen and oxygen atoms in total. The van der Waals surface area contributed by atoms with Gasteiger partial charge in [0.25, 0.3) is 0 Å². The van der Waals surface area contributed by atoms with E-state index in [0.717, 1.165) is 18.4 Å². The number of nitrogens with zero attached hydrogens (tertiary/aromatic N) is 3. The number of hydrogen-bond acceptors (Lipinski definition) is 10. The van der Waals surface area contributed by atoms with E-state index in [9.17, 15) is 9.90 Å². The van der Waals surface area contributed by atoms with Crippen molar-refractivity contribution in [1.82, 2.24) is 19.9 Å². The molecule has 1 saturated heterocycles. The monoisotopic (exact) mass is 452 g/mol. The summed E-state index contributed by atoms with van der Waals surface area (Å²) in [5.41, 5.74) is 2.13. The number of aromatic nitrogens is 3. The number of fused-ring (bicyclic) bond motifs is 1. The van der Waals surface area contributed by atoms with Crippen molar-refractivity contribution >= 4 is 17.0 Å². The van der Waals surface area contributed by atoms with Crippen LogP contribution in [0.5, 0.6) is 5.88 Å². The second-order valence-electron chi connectivity index (χ2n) is 7.40. The quantitative estimate of drug-likeness (QED) is 0.339. The zero-order valence-electron chi connectivity index (χ0n) is 18.9. The van der Waals surface area contributed by atoms with E-state index in [1.807, 2.05) is 10.8 Å². The Hall–Kier alpha value is -2.31. The van der Waals surface area contributed by atoms with Crippen LogP contribution in [0, 0.1) is 0 Å². The van der Waals surface area contributed by atoms with Gasteiger partial charge in [-0.05, 0) is 20.3 Å². The highest BCUT2D eigenvalue weighted by molar-refractivity contribution is 5.84. The molecule has 0 bridgehead atoms. The summed E-state index contributed by atoms with van der Waals surface area (Å²) in [6, 6.07) is -1.05. The summed E-state index contributed by atoms with van der Waals surface area (Å²) in [5, 5.41) is 13.7. The Morgan fingerprint density at radius 3 is 2.78 bits per heavy atom. The molecule has 1 fully saturated rings. The van der Waals surface area contributed by atoms with E-state index in [4.69, 9.17) is 23.7 Å². The Labute approximate surface area is 187 Å². The van der Waals surface area contributed by atoms with Crippen molar-refractivity contribution in [2.75, 3.05) is 20.3 Å². The van der Waals surface area contributed by atoms with E-state index in [1.165, 1.54) is 6.33 Å². The fourth-order valence-electron chi connectivity index (χ4n) is 3.46. The number of carbonyl (C=O) groups is 1. The molecule has 3 heterocycles. The van der Waals surface area contributed by atoms with Gasteiger partial charge in [-0.15, -0.1) is 0 Å². The Morgan fingerprint density at radius 1 is 1.34 bits per heavy atom. The van der Waals surface area contributed by atoms with Crippen LogP contribution in [0.1, 0.15) is 39.2 Å². The van der Waals surface area contributed by atoms with Gasteiger partial charge < -0.3 is 33.4 Å². The van der Waals surface area contributed by atoms with E-state index in [2.05, 4.69) is 22.2 Å². The molecule has 0 amide bonds. The van der Waals surface area contributed by atoms with Crippen LogP contribution in [0.3, 0.4) is 0 Å². The number of ether oxygens (including phenoxy) is 5. The average molecular weight is 453 g/mol. The summed E-state index contributed by atoms with van der Waals surface area (Å²) < 4.78 is 28.9. The highest BCUT2D eigenvalue weighted by Gasteiger charge is 2.41. The second-order valence-corrected chi connectivity index (χ2v) is 7.40. The molecule has 2 aromatic heterocycles. The molecule has 0 aromatic carbocycles. The highest BCUT2D eigenvalue weighted by Crippen LogP contribution is 2.27. The SMILES string of the molecule is CCCCOCn1cc(CN[C@@H](C(=O)OCC)[C@H](O)C2OC(C)O2)c2ncnc(OC)c21. The van der Waals surface area contributed by atoms with Gasteiger partial charge in [0.1, 0.15) is 36.2 Å². The Bertz CT molecular complexity index is 884. The van der Waals surface area contributed by atoms with Crippen LogP contribution in [0.4, 0.5) is 0 Å². The first-order valence-corrected chi connectivity index (χ1v) is 10.8. The lowest BCUT2D eigenvalue weighted by Gasteiger charge is -2.38. The minimum atomic E-state index is -1.24. The molecule has 2 aromatic rings. The number of hydrogen-bond donors (Lipinski definition) is 2. The number of aliphatic hydroxyl groups is 1. The molecule has 3 rings (SSSR count). The lowest BCUT2D eigenvalue weighted by Crippen LogP contribution is -2.58. The van der Waals surface area contributed by atoms with Crippen molar-refractivity contribution in [3.05, 3.63) is 18.1 Å². The van der Waals surface area contributed by atoms with Gasteiger partial charge in [-0.1, -0.05) is 13.3 Å². The second kappa shape index (κ2) is 11.5. The molecule has 0 saturated carbocycles. The first-order chi connectivity index (χ1) is 15.5. The normalized spacial score (nSPS) is 20.0. The Morgan fingerprint density at radius 2 is 2.12 bits per heavy atom. The summed E-state index contributed by atoms with van der Waals surface area (Å²) >= 11 is 0. The van der Waals surface area contributed by atoms with Gasteiger partial charge in [0.05, 0.1) is 13.7 Å². The van der Waals surface area contributed by atoms with Crippen LogP contribution >= 0.6 is 0 Å². The zero-order chi connectivity index (χ0) is 23.1. The maximum Gasteiger partial charge on any atom is 0.326 e. The number of nitrogens with one attached hydrogen (secondary N) is 1. The number of carbonyl (C=O) groups excluding carboxylic acids is 1. The van der Waals surface area contributed by atoms with Gasteiger partial charge in [0, 0.05) is 24.9 Å². The van der Waals surface area contributed by atoms with Crippen molar-refractivity contribution in [2.24, 2.45) is 0 Å². The number of methoxy groups -OCH3 is 1. The van der Waals surface area contributed by atoms with E-state index >= 15 is 0 Å². The van der Waals surface area contributed by atoms with Gasteiger partial charge >= 0.3 is 5.97 Å². The van der Waals surface area contributed by atoms with E-state index in [1.54, 1.807) is 21.0 Å². The van der Waals surface area contributed by atoms with Crippen molar-refractivity contribution in [2.45, 2.75) is 71.6 Å². The number of rotatable bonds is 13. The van der Waals surface area contributed by atoms with Crippen LogP contribution in [0.2, 0.25) is 0 Å². The van der Waals surface area contributed by atoms with Gasteiger partial charge in [-0.3, -0.25) is 10.1 Å². The molecule has 2 atom stereocenters. The Kier molecular flexibility index (Phi) is 8.76. The van der Waals surface area contributed by atoms with Crippen molar-refractivity contribution in [3.8, 4) is 5.88 Å². The topological polar surface area (TPSA) is 126 Å². The van der Waals surface area contributed by atoms with E-state index in [0.29, 0.717) is 30.3 Å². The minimum Gasteiger partial charge on any atom is -0.479 e. The molecular weight excluding hydrogens is 420 g/mol. The largest absolute Gasteiger partial charge is 0.479 e. The third-order valence-corrected chi connectivity index (χ3v) is 5.08. The summed E-state index contributed by atoms with van der Waals surface area (Å²) in [6.07, 6.45) is 2.73. The molecule has 1 aliphatic heterocycles. The molecule has 11 heteroatoms. The Balaban J connectivity index is 1.80. The lowest BCUT2D eigenvalue weighted by atomic mass is 10.1. The predicted octanol–water partition coefficient (Wildman–Crippen LogP) is 1.32. The fourth-order valence-corrected chi connectivity index (χ4v) is 3.46. The van der Waals surface area contributed by atoms with Crippen molar-refractivity contribution in [1.29, 1.82) is 0 Å². The molecule has 32 heavy (non-hydrogen) atoms. The van der Waals surface area contributed by atoms with Crippen molar-refractivity contribution < 1.29 is 33.6 Å². The molecule has 1 aliphatic rings. The van der Waals surface area contributed by atoms with Gasteiger partial charge in [0.15, 0.2) is 12.6 Å². The fraction of sp³-hybridized carbons (Fsp3) is 0.667. The van der Waals surface area contributed by atoms with Gasteiger partial charge in [-0.25, -0.2) is 4.98 Å². The number of aliphatic hydroxyl groups excluding tert-OH is 1. The maximum atomic E-state index is 12.5. The zero-order valence-corrected chi connectivity index (χ0v) is 18.9. The van der Waals surface area contributed by atoms with Crippen LogP contribution in [0.25, 0.3) is 11.0 Å². The highest BCUT2D eigenvalue weighted by atomic mass is 16.9. The van der Waals surface area contributed by atoms with E-state index in [-0.39, 0.29) is 13.2 Å². The molecule has 178 valence electrons. The summed E-state index contributed by atoms with van der Waals surface area (Å²) in [7, 11) is 1.54. The molecule has 2 N–H and O–H groups in total. The summed E-state index contributed by atoms with van der Waals surface area (Å²) in [5.74, 6) is -0.168. The number of unbranched alkanes of at least 4 members (excludes halogenated alkanes) is 1. The first-order valence-electron chi connectivity index (χ1n) is 10.8. The van der Waals surface area contributed by atoms with Gasteiger partial charge in [0.2, 0.25) is 5.88 Å². The average Bonchev–Trinajstić information content (AvgIpc) is 3.12. The van der Waals surface area contributed by atoms with Crippen molar-refractivity contribution in [3.63, 3.8) is 0 Å². The van der Waals surface area contributed by atoms with Crippen LogP contribution in [0.15, 0.2) is 12.5 Å². The third-order valence-electron chi connectivity index (χ3n) is 5.08. The predicted molar refractivity (Wildman–Crippen MR) is 114 cm³/mol. The van der Waals surface area contributed by atoms with Crippen LogP contribution < -0.4 is 10.1 Å². The summed E-state index contributed by atoms with van der Waals surface area (Å²) in [6.45, 7) is 6.87. The van der Waals surface area contributed by atoms with Crippen LogP contribution in [-0.2, 0) is 37.0 Å². The molecular formula is C21H32N4O7. The first kappa shape index (κ1) is 24.3. The number of esters is 1. The molecule has 0 unspecified atom stereocenters. The lowest BCUT2D eigenvalue weighted by molar-refractivity contribution is -0.399.